The van der Waals surface area contributed by atoms with Crippen molar-refractivity contribution in [2.24, 2.45) is 5.92 Å². The van der Waals surface area contributed by atoms with Crippen LogP contribution in [0, 0.1) is 5.92 Å². The molecule has 0 saturated heterocycles. The van der Waals surface area contributed by atoms with Gasteiger partial charge in [0, 0.05) is 31.6 Å². The molecular weight excluding hydrogens is 372 g/mol. The zero-order valence-electron chi connectivity index (χ0n) is 18.0. The number of hydrogen-bond acceptors (Lipinski definition) is 3. The lowest BCUT2D eigenvalue weighted by Crippen LogP contribution is -2.47. The Morgan fingerprint density at radius 1 is 1.03 bits per heavy atom. The summed E-state index contributed by atoms with van der Waals surface area (Å²) in [5.41, 5.74) is 4.89. The fourth-order valence-corrected chi connectivity index (χ4v) is 4.30. The number of hydrogen-bond donors (Lipinski definition) is 1. The van der Waals surface area contributed by atoms with E-state index in [2.05, 4.69) is 73.6 Å². The molecule has 2 aromatic rings. The van der Waals surface area contributed by atoms with Crippen LogP contribution in [0.3, 0.4) is 0 Å². The normalized spacial score (nSPS) is 13.6. The number of amides is 1. The fraction of sp³-hybridized carbons (Fsp3) is 0.346. The summed E-state index contributed by atoms with van der Waals surface area (Å²) in [7, 11) is 0. The van der Waals surface area contributed by atoms with Crippen LogP contribution >= 0.6 is 0 Å². The van der Waals surface area contributed by atoms with Gasteiger partial charge in [-0.15, -0.1) is 13.2 Å². The molecule has 0 heterocycles. The van der Waals surface area contributed by atoms with Gasteiger partial charge in [0.05, 0.1) is 0 Å². The minimum Gasteiger partial charge on any atom is -0.449 e. The van der Waals surface area contributed by atoms with Crippen molar-refractivity contribution in [3.8, 4) is 11.1 Å². The summed E-state index contributed by atoms with van der Waals surface area (Å²) in [5, 5.41) is 2.96. The first kappa shape index (κ1) is 21.8. The largest absolute Gasteiger partial charge is 0.449 e. The highest BCUT2D eigenvalue weighted by Crippen LogP contribution is 2.44. The first-order valence-electron chi connectivity index (χ1n) is 10.6. The molecule has 158 valence electrons. The third-order valence-corrected chi connectivity index (χ3v) is 5.76. The van der Waals surface area contributed by atoms with Crippen LogP contribution in [0.5, 0.6) is 0 Å². The van der Waals surface area contributed by atoms with E-state index in [1.54, 1.807) is 0 Å². The molecule has 1 aliphatic carbocycles. The Morgan fingerprint density at radius 2 is 1.57 bits per heavy atom. The van der Waals surface area contributed by atoms with Gasteiger partial charge in [-0.25, -0.2) is 4.79 Å². The average molecular weight is 405 g/mol. The number of nitrogens with one attached hydrogen (secondary N) is 1. The van der Waals surface area contributed by atoms with Crippen molar-refractivity contribution in [1.82, 2.24) is 10.2 Å². The maximum atomic E-state index is 12.5. The van der Waals surface area contributed by atoms with Gasteiger partial charge in [0.1, 0.15) is 6.61 Å². The Kier molecular flexibility index (Phi) is 7.47. The first-order chi connectivity index (χ1) is 14.6. The zero-order chi connectivity index (χ0) is 21.5. The second-order valence-corrected chi connectivity index (χ2v) is 8.05. The topological polar surface area (TPSA) is 41.6 Å². The molecule has 30 heavy (non-hydrogen) atoms. The molecule has 4 nitrogen and oxygen atoms in total. The number of benzene rings is 2. The van der Waals surface area contributed by atoms with E-state index in [9.17, 15) is 4.79 Å². The number of rotatable bonds is 10. The van der Waals surface area contributed by atoms with Crippen LogP contribution in [0.4, 0.5) is 4.79 Å². The fourth-order valence-electron chi connectivity index (χ4n) is 4.30. The zero-order valence-corrected chi connectivity index (χ0v) is 18.0. The number of carbonyl (C=O) groups is 1. The van der Waals surface area contributed by atoms with Gasteiger partial charge in [0.2, 0.25) is 0 Å². The van der Waals surface area contributed by atoms with Crippen LogP contribution in [0.1, 0.15) is 30.9 Å². The van der Waals surface area contributed by atoms with Crippen LogP contribution in [-0.4, -0.2) is 43.3 Å². The molecule has 2 aromatic carbocycles. The third-order valence-electron chi connectivity index (χ3n) is 5.76. The van der Waals surface area contributed by atoms with Crippen LogP contribution in [0.25, 0.3) is 11.1 Å². The van der Waals surface area contributed by atoms with Gasteiger partial charge >= 0.3 is 6.09 Å². The van der Waals surface area contributed by atoms with Gasteiger partial charge in [-0.2, -0.15) is 0 Å². The van der Waals surface area contributed by atoms with Crippen molar-refractivity contribution in [2.45, 2.75) is 25.8 Å². The Bertz CT molecular complexity index is 835. The van der Waals surface area contributed by atoms with Crippen molar-refractivity contribution in [3.05, 3.63) is 85.0 Å². The van der Waals surface area contributed by atoms with E-state index >= 15 is 0 Å². The monoisotopic (exact) mass is 404 g/mol. The summed E-state index contributed by atoms with van der Waals surface area (Å²) in [6.45, 7) is 14.4. The number of nitrogens with zero attached hydrogens (tertiary/aromatic N) is 1. The van der Waals surface area contributed by atoms with Gasteiger partial charge in [-0.1, -0.05) is 74.5 Å². The van der Waals surface area contributed by atoms with E-state index < -0.39 is 0 Å². The van der Waals surface area contributed by atoms with E-state index in [-0.39, 0.29) is 18.1 Å². The van der Waals surface area contributed by atoms with Crippen LogP contribution in [-0.2, 0) is 4.74 Å². The van der Waals surface area contributed by atoms with Crippen molar-refractivity contribution in [1.29, 1.82) is 0 Å². The van der Waals surface area contributed by atoms with Gasteiger partial charge in [-0.3, -0.25) is 4.90 Å². The molecule has 0 saturated carbocycles. The Balaban J connectivity index is 1.62. The van der Waals surface area contributed by atoms with Crippen LogP contribution < -0.4 is 5.32 Å². The van der Waals surface area contributed by atoms with Crippen molar-refractivity contribution in [3.63, 3.8) is 0 Å². The quantitative estimate of drug-likeness (QED) is 0.552. The molecule has 0 fully saturated rings. The lowest BCUT2D eigenvalue weighted by Gasteiger charge is -2.33. The Hall–Kier alpha value is -2.85. The molecule has 0 radical (unpaired) electrons. The minimum atomic E-state index is -0.375. The summed E-state index contributed by atoms with van der Waals surface area (Å²) in [6.07, 6.45) is 3.39. The summed E-state index contributed by atoms with van der Waals surface area (Å²) in [4.78, 5) is 14.8. The molecular formula is C26H32N2O2. The minimum absolute atomic E-state index is 0.0714. The van der Waals surface area contributed by atoms with Gasteiger partial charge in [0.15, 0.2) is 0 Å². The highest BCUT2D eigenvalue weighted by atomic mass is 16.5. The predicted octanol–water partition coefficient (Wildman–Crippen LogP) is 5.22. The lowest BCUT2D eigenvalue weighted by atomic mass is 9.98. The molecule has 1 aliphatic rings. The van der Waals surface area contributed by atoms with Gasteiger partial charge in [-0.05, 0) is 28.2 Å². The van der Waals surface area contributed by atoms with Crippen molar-refractivity contribution < 1.29 is 9.53 Å². The highest BCUT2D eigenvalue weighted by molar-refractivity contribution is 5.79. The molecule has 1 N–H and O–H groups in total. The molecule has 1 atom stereocenters. The molecule has 0 spiro atoms. The summed E-state index contributed by atoms with van der Waals surface area (Å²) >= 11 is 0. The molecule has 1 amide bonds. The lowest BCUT2D eigenvalue weighted by molar-refractivity contribution is 0.132. The molecule has 4 heteroatoms. The maximum Gasteiger partial charge on any atom is 0.407 e. The Labute approximate surface area is 180 Å². The SMILES string of the molecule is C=CCN(CC=C)C(CNC(=O)OCC1c2ccccc2-c2ccccc21)C(C)C. The molecule has 0 aromatic heterocycles. The molecule has 0 bridgehead atoms. The van der Waals surface area contributed by atoms with Crippen molar-refractivity contribution >= 4 is 6.09 Å². The number of ether oxygens (including phenoxy) is 1. The van der Waals surface area contributed by atoms with Gasteiger partial charge < -0.3 is 10.1 Å². The Morgan fingerprint density at radius 3 is 2.07 bits per heavy atom. The van der Waals surface area contributed by atoms with E-state index in [0.717, 1.165) is 13.1 Å². The van der Waals surface area contributed by atoms with Gasteiger partial charge in [0.25, 0.3) is 0 Å². The third kappa shape index (κ3) is 4.82. The highest BCUT2D eigenvalue weighted by Gasteiger charge is 2.29. The number of fused-ring (bicyclic) bond motifs is 3. The molecule has 1 unspecified atom stereocenters. The summed E-state index contributed by atoms with van der Waals surface area (Å²) < 4.78 is 5.66. The van der Waals surface area contributed by atoms with E-state index in [1.807, 2.05) is 24.3 Å². The second kappa shape index (κ2) is 10.3. The van der Waals surface area contributed by atoms with E-state index in [1.165, 1.54) is 22.3 Å². The van der Waals surface area contributed by atoms with Crippen molar-refractivity contribution in [2.75, 3.05) is 26.2 Å². The first-order valence-corrected chi connectivity index (χ1v) is 10.6. The molecule has 3 rings (SSSR count). The maximum absolute atomic E-state index is 12.5. The van der Waals surface area contributed by atoms with E-state index in [4.69, 9.17) is 4.74 Å². The average Bonchev–Trinajstić information content (AvgIpc) is 3.06. The van der Waals surface area contributed by atoms with Crippen LogP contribution in [0.15, 0.2) is 73.8 Å². The number of alkyl carbamates (subject to hydrolysis) is 1. The van der Waals surface area contributed by atoms with Crippen LogP contribution in [0.2, 0.25) is 0 Å². The predicted molar refractivity (Wildman–Crippen MR) is 124 cm³/mol. The molecule has 0 aliphatic heterocycles. The standard InChI is InChI=1S/C26H32N2O2/c1-5-15-28(16-6-2)25(19(3)4)17-27-26(29)30-18-24-22-13-9-7-11-20(22)21-12-8-10-14-23(21)24/h5-14,19,24-25H,1-2,15-18H2,3-4H3,(H,27,29). The van der Waals surface area contributed by atoms with E-state index in [0.29, 0.717) is 19.1 Å². The summed E-state index contributed by atoms with van der Waals surface area (Å²) in [6, 6.07) is 16.9. The summed E-state index contributed by atoms with van der Waals surface area (Å²) in [5.74, 6) is 0.445. The smallest absolute Gasteiger partial charge is 0.407 e. The number of carbonyl (C=O) groups excluding carboxylic acids is 1. The second-order valence-electron chi connectivity index (χ2n) is 8.05.